The summed E-state index contributed by atoms with van der Waals surface area (Å²) in [5.74, 6) is -4.33. The van der Waals surface area contributed by atoms with Crippen molar-refractivity contribution in [3.05, 3.63) is 49.8 Å². The van der Waals surface area contributed by atoms with E-state index < -0.39 is 43.4 Å². The zero-order valence-electron chi connectivity index (χ0n) is 20.1. The Morgan fingerprint density at radius 3 is 2.40 bits per heavy atom. The molecule has 0 radical (unpaired) electrons. The topological polar surface area (TPSA) is 64.6 Å². The van der Waals surface area contributed by atoms with Gasteiger partial charge >= 0.3 is 6.11 Å². The van der Waals surface area contributed by atoms with Gasteiger partial charge in [0.15, 0.2) is 0 Å². The number of alkyl halides is 4. The normalized spacial score (nSPS) is 21.3. The van der Waals surface area contributed by atoms with E-state index in [1.165, 1.54) is 18.2 Å². The van der Waals surface area contributed by atoms with Gasteiger partial charge in [0.25, 0.3) is 5.92 Å². The SMILES string of the molecule is C=CCOCC(COCC(F)(F)OC1C(COC/C(=C/C)OCC=C)COCC1(F)F)OCC=C. The van der Waals surface area contributed by atoms with E-state index in [9.17, 15) is 17.6 Å². The zero-order chi connectivity index (χ0) is 26.2. The van der Waals surface area contributed by atoms with Gasteiger partial charge in [0.05, 0.1) is 39.6 Å². The van der Waals surface area contributed by atoms with Crippen molar-refractivity contribution in [1.82, 2.24) is 0 Å². The van der Waals surface area contributed by atoms with Gasteiger partial charge in [-0.1, -0.05) is 24.8 Å². The molecule has 3 unspecified atom stereocenters. The summed E-state index contributed by atoms with van der Waals surface area (Å²) in [6.45, 7) is 9.86. The molecule has 0 bridgehead atoms. The summed E-state index contributed by atoms with van der Waals surface area (Å²) in [5.41, 5.74) is 0. The highest BCUT2D eigenvalue weighted by atomic mass is 19.3. The van der Waals surface area contributed by atoms with Crippen LogP contribution in [0.1, 0.15) is 6.92 Å². The largest absolute Gasteiger partial charge is 0.492 e. The van der Waals surface area contributed by atoms with Crippen LogP contribution in [0.25, 0.3) is 0 Å². The second-order valence-electron chi connectivity index (χ2n) is 7.67. The van der Waals surface area contributed by atoms with E-state index in [0.717, 1.165) is 0 Å². The summed E-state index contributed by atoms with van der Waals surface area (Å²) in [6.07, 6.45) is -0.608. The molecule has 1 saturated heterocycles. The molecule has 1 rings (SSSR count). The van der Waals surface area contributed by atoms with Gasteiger partial charge in [0.1, 0.15) is 44.4 Å². The number of halogens is 4. The summed E-state index contributed by atoms with van der Waals surface area (Å²) in [4.78, 5) is 0. The average molecular weight is 513 g/mol. The Kier molecular flexibility index (Phi) is 15.0. The highest BCUT2D eigenvalue weighted by molar-refractivity contribution is 4.93. The van der Waals surface area contributed by atoms with Gasteiger partial charge in [0.2, 0.25) is 0 Å². The fourth-order valence-electron chi connectivity index (χ4n) is 3.02. The average Bonchev–Trinajstić information content (AvgIpc) is 2.81. The number of rotatable bonds is 20. The molecule has 202 valence electrons. The monoisotopic (exact) mass is 512 g/mol. The molecule has 1 fully saturated rings. The molecule has 35 heavy (non-hydrogen) atoms. The van der Waals surface area contributed by atoms with E-state index in [4.69, 9.17) is 28.4 Å². The van der Waals surface area contributed by atoms with Crippen molar-refractivity contribution in [2.45, 2.75) is 31.2 Å². The molecular weight excluding hydrogens is 476 g/mol. The van der Waals surface area contributed by atoms with Crippen molar-refractivity contribution < 1.29 is 50.7 Å². The van der Waals surface area contributed by atoms with E-state index >= 15 is 0 Å². The Bertz CT molecular complexity index is 658. The first-order valence-corrected chi connectivity index (χ1v) is 11.2. The minimum Gasteiger partial charge on any atom is -0.492 e. The molecule has 7 nitrogen and oxygen atoms in total. The maximum absolute atomic E-state index is 14.5. The van der Waals surface area contributed by atoms with Crippen LogP contribution in [-0.2, 0) is 33.2 Å². The van der Waals surface area contributed by atoms with Gasteiger partial charge in [-0.25, -0.2) is 8.78 Å². The third kappa shape index (κ3) is 12.7. The smallest absolute Gasteiger partial charge is 0.379 e. The van der Waals surface area contributed by atoms with Crippen molar-refractivity contribution in [2.75, 3.05) is 66.1 Å². The molecular formula is C24H36F4O7. The lowest BCUT2D eigenvalue weighted by atomic mass is 9.96. The fourth-order valence-corrected chi connectivity index (χ4v) is 3.02. The number of hydrogen-bond acceptors (Lipinski definition) is 7. The lowest BCUT2D eigenvalue weighted by molar-refractivity contribution is -0.345. The Morgan fingerprint density at radius 2 is 1.74 bits per heavy atom. The summed E-state index contributed by atoms with van der Waals surface area (Å²) in [5, 5.41) is 0. The van der Waals surface area contributed by atoms with Crippen LogP contribution in [0.4, 0.5) is 17.6 Å². The third-order valence-electron chi connectivity index (χ3n) is 4.62. The third-order valence-corrected chi connectivity index (χ3v) is 4.62. The predicted molar refractivity (Wildman–Crippen MR) is 122 cm³/mol. The highest BCUT2D eigenvalue weighted by Crippen LogP contribution is 2.36. The van der Waals surface area contributed by atoms with E-state index in [1.807, 2.05) is 0 Å². The fraction of sp³-hybridized carbons (Fsp3) is 0.667. The van der Waals surface area contributed by atoms with Gasteiger partial charge in [-0.2, -0.15) is 8.78 Å². The molecule has 1 aliphatic rings. The van der Waals surface area contributed by atoms with Crippen molar-refractivity contribution in [1.29, 1.82) is 0 Å². The first-order chi connectivity index (χ1) is 16.7. The minimum absolute atomic E-state index is 0.0291. The van der Waals surface area contributed by atoms with Crippen LogP contribution in [-0.4, -0.2) is 90.3 Å². The maximum Gasteiger partial charge on any atom is 0.379 e. The Balaban J connectivity index is 2.66. The van der Waals surface area contributed by atoms with Crippen LogP contribution < -0.4 is 0 Å². The zero-order valence-corrected chi connectivity index (χ0v) is 20.1. The highest BCUT2D eigenvalue weighted by Gasteiger charge is 2.53. The Labute approximate surface area is 204 Å². The van der Waals surface area contributed by atoms with Crippen LogP contribution >= 0.6 is 0 Å². The molecule has 0 aromatic carbocycles. The lowest BCUT2D eigenvalue weighted by Gasteiger charge is -2.39. The molecule has 1 aliphatic heterocycles. The standard InChI is InChI=1S/C24H36F4O7/c1-5-9-29-15-21(34-11-7-3)16-32-18-24(27,28)35-22-19(13-31-17-23(22,25)26)12-30-14-20(8-4)33-10-6-2/h5-8,19,21-22H,1-3,9-18H2,4H3/b20-8-. The van der Waals surface area contributed by atoms with Gasteiger partial charge in [-0.15, -0.1) is 13.2 Å². The predicted octanol–water partition coefficient (Wildman–Crippen LogP) is 4.16. The van der Waals surface area contributed by atoms with Crippen LogP contribution in [0, 0.1) is 5.92 Å². The summed E-state index contributed by atoms with van der Waals surface area (Å²) in [6, 6.07) is 0. The van der Waals surface area contributed by atoms with Crippen molar-refractivity contribution in [2.24, 2.45) is 5.92 Å². The molecule has 3 atom stereocenters. The van der Waals surface area contributed by atoms with E-state index in [0.29, 0.717) is 5.76 Å². The molecule has 0 aliphatic carbocycles. The van der Waals surface area contributed by atoms with Crippen LogP contribution in [0.2, 0.25) is 0 Å². The molecule has 11 heteroatoms. The van der Waals surface area contributed by atoms with Gasteiger partial charge < -0.3 is 33.2 Å². The van der Waals surface area contributed by atoms with Gasteiger partial charge in [-0.3, -0.25) is 0 Å². The number of allylic oxidation sites excluding steroid dienone is 1. The quantitative estimate of drug-likeness (QED) is 0.105. The first-order valence-electron chi connectivity index (χ1n) is 11.2. The molecule has 0 aromatic heterocycles. The van der Waals surface area contributed by atoms with E-state index in [1.54, 1.807) is 13.0 Å². The van der Waals surface area contributed by atoms with Gasteiger partial charge in [0, 0.05) is 5.92 Å². The summed E-state index contributed by atoms with van der Waals surface area (Å²) >= 11 is 0. The molecule has 0 aromatic rings. The van der Waals surface area contributed by atoms with Crippen LogP contribution in [0.3, 0.4) is 0 Å². The molecule has 0 N–H and O–H groups in total. The van der Waals surface area contributed by atoms with E-state index in [-0.39, 0.29) is 52.9 Å². The number of hydrogen-bond donors (Lipinski definition) is 0. The van der Waals surface area contributed by atoms with Crippen LogP contribution in [0.15, 0.2) is 49.8 Å². The second-order valence-corrected chi connectivity index (χ2v) is 7.67. The molecule has 0 saturated carbocycles. The lowest BCUT2D eigenvalue weighted by Crippen LogP contribution is -2.55. The minimum atomic E-state index is -3.99. The van der Waals surface area contributed by atoms with Crippen molar-refractivity contribution in [3.8, 4) is 0 Å². The molecule has 0 amide bonds. The first kappa shape index (κ1) is 31.3. The summed E-state index contributed by atoms with van der Waals surface area (Å²) in [7, 11) is 0. The summed E-state index contributed by atoms with van der Waals surface area (Å²) < 4.78 is 93.7. The van der Waals surface area contributed by atoms with Crippen molar-refractivity contribution >= 4 is 0 Å². The Hall–Kier alpha value is -1.76. The van der Waals surface area contributed by atoms with Gasteiger partial charge in [-0.05, 0) is 13.0 Å². The second kappa shape index (κ2) is 16.8. The molecule has 1 heterocycles. The molecule has 0 spiro atoms. The van der Waals surface area contributed by atoms with Crippen molar-refractivity contribution in [3.63, 3.8) is 0 Å². The van der Waals surface area contributed by atoms with E-state index in [2.05, 4.69) is 24.5 Å². The number of ether oxygens (including phenoxy) is 7. The maximum atomic E-state index is 14.5. The Morgan fingerprint density at radius 1 is 1.06 bits per heavy atom. The van der Waals surface area contributed by atoms with Crippen LogP contribution in [0.5, 0.6) is 0 Å².